The maximum atomic E-state index is 13.0. The number of aliphatic hydroxyl groups is 1. The van der Waals surface area contributed by atoms with E-state index in [4.69, 9.17) is 11.6 Å². The van der Waals surface area contributed by atoms with Crippen LogP contribution in [0.2, 0.25) is 5.02 Å². The monoisotopic (exact) mass is 435 g/mol. The molecule has 3 rings (SSSR count). The molecule has 0 bridgehead atoms. The van der Waals surface area contributed by atoms with Crippen molar-refractivity contribution < 1.29 is 14.7 Å². The number of Topliss-reactive ketones (excluding diaryl/α,β-unsaturated/α-hetero) is 1. The Labute approximate surface area is 165 Å². The van der Waals surface area contributed by atoms with Crippen LogP contribution in [-0.4, -0.2) is 23.3 Å². The second kappa shape index (κ2) is 7.51. The topological polar surface area (TPSA) is 57.6 Å². The van der Waals surface area contributed by atoms with Crippen molar-refractivity contribution in [3.8, 4) is 0 Å². The van der Waals surface area contributed by atoms with E-state index in [1.807, 2.05) is 13.0 Å². The summed E-state index contributed by atoms with van der Waals surface area (Å²) in [6.45, 7) is 2.56. The van der Waals surface area contributed by atoms with Crippen LogP contribution in [0.25, 0.3) is 0 Å². The number of anilines is 1. The molecule has 0 aromatic heterocycles. The van der Waals surface area contributed by atoms with Gasteiger partial charge >= 0.3 is 0 Å². The van der Waals surface area contributed by atoms with Gasteiger partial charge in [-0.25, -0.2) is 0 Å². The van der Waals surface area contributed by atoms with E-state index in [9.17, 15) is 14.7 Å². The minimum absolute atomic E-state index is 0.305. The molecule has 2 aromatic carbocycles. The average Bonchev–Trinajstić information content (AvgIpc) is 2.81. The molecule has 0 radical (unpaired) electrons. The van der Waals surface area contributed by atoms with Crippen LogP contribution in [0.4, 0.5) is 5.69 Å². The number of benzene rings is 2. The molecule has 1 aliphatic heterocycles. The third-order valence-electron chi connectivity index (χ3n) is 4.61. The molecule has 0 saturated heterocycles. The number of hydrogen-bond donors (Lipinski definition) is 1. The summed E-state index contributed by atoms with van der Waals surface area (Å²) >= 11 is 9.25. The van der Waals surface area contributed by atoms with Gasteiger partial charge in [0.1, 0.15) is 0 Å². The normalized spacial score (nSPS) is 18.9. The van der Waals surface area contributed by atoms with E-state index in [1.54, 1.807) is 41.3 Å². The van der Waals surface area contributed by atoms with Crippen molar-refractivity contribution in [1.82, 2.24) is 0 Å². The number of amides is 1. The van der Waals surface area contributed by atoms with E-state index < -0.39 is 11.5 Å². The number of carbonyl (C=O) groups is 2. The molecule has 0 aliphatic carbocycles. The quantitative estimate of drug-likeness (QED) is 0.667. The smallest absolute Gasteiger partial charge is 0.264 e. The number of ketones is 1. The zero-order chi connectivity index (χ0) is 18.9. The third kappa shape index (κ3) is 3.43. The van der Waals surface area contributed by atoms with Crippen molar-refractivity contribution >= 4 is 44.9 Å². The Kier molecular flexibility index (Phi) is 5.51. The highest BCUT2D eigenvalue weighted by Crippen LogP contribution is 2.44. The first-order valence-corrected chi connectivity index (χ1v) is 9.67. The minimum atomic E-state index is -1.86. The molecule has 1 unspecified atom stereocenters. The van der Waals surface area contributed by atoms with Gasteiger partial charge in [0.2, 0.25) is 0 Å². The van der Waals surface area contributed by atoms with Gasteiger partial charge in [-0.3, -0.25) is 9.59 Å². The molecule has 1 N–H and O–H groups in total. The molecule has 1 atom stereocenters. The van der Waals surface area contributed by atoms with Gasteiger partial charge in [-0.2, -0.15) is 0 Å². The Morgan fingerprint density at radius 1 is 1.23 bits per heavy atom. The van der Waals surface area contributed by atoms with E-state index in [2.05, 4.69) is 15.9 Å². The highest BCUT2D eigenvalue weighted by Gasteiger charge is 2.50. The van der Waals surface area contributed by atoms with Crippen LogP contribution < -0.4 is 4.90 Å². The Balaban J connectivity index is 1.96. The van der Waals surface area contributed by atoms with Gasteiger partial charge in [-0.15, -0.1) is 0 Å². The molecule has 1 heterocycles. The van der Waals surface area contributed by atoms with Crippen LogP contribution >= 0.6 is 27.5 Å². The fraction of sp³-hybridized carbons (Fsp3) is 0.300. The molecule has 6 heteroatoms. The highest BCUT2D eigenvalue weighted by atomic mass is 79.9. The number of unbranched alkanes of at least 4 members (excludes halogenated alkanes) is 1. The van der Waals surface area contributed by atoms with E-state index in [0.29, 0.717) is 28.4 Å². The van der Waals surface area contributed by atoms with Crippen molar-refractivity contribution in [3.05, 3.63) is 63.1 Å². The number of hydrogen-bond acceptors (Lipinski definition) is 3. The Morgan fingerprint density at radius 2 is 1.92 bits per heavy atom. The standard InChI is InChI=1S/C20H19BrClNO3/c1-2-3-10-23-17-9-6-14(21)11-16(17)20(26,19(23)25)12-18(24)13-4-7-15(22)8-5-13/h4-9,11,26H,2-3,10,12H2,1H3. The van der Waals surface area contributed by atoms with Gasteiger partial charge in [0, 0.05) is 27.2 Å². The van der Waals surface area contributed by atoms with E-state index in [1.165, 1.54) is 0 Å². The molecule has 0 spiro atoms. The highest BCUT2D eigenvalue weighted by molar-refractivity contribution is 9.10. The second-order valence-corrected chi connectivity index (χ2v) is 7.79. The summed E-state index contributed by atoms with van der Waals surface area (Å²) in [5.41, 5.74) is -0.309. The summed E-state index contributed by atoms with van der Waals surface area (Å²) in [6, 6.07) is 11.8. The summed E-state index contributed by atoms with van der Waals surface area (Å²) < 4.78 is 0.749. The lowest BCUT2D eigenvalue weighted by molar-refractivity contribution is -0.135. The largest absolute Gasteiger partial charge is 0.375 e. The molecular formula is C20H19BrClNO3. The first kappa shape index (κ1) is 19.1. The lowest BCUT2D eigenvalue weighted by atomic mass is 9.88. The van der Waals surface area contributed by atoms with Gasteiger partial charge in [0.15, 0.2) is 11.4 Å². The van der Waals surface area contributed by atoms with Gasteiger partial charge in [0.05, 0.1) is 12.1 Å². The van der Waals surface area contributed by atoms with E-state index >= 15 is 0 Å². The van der Waals surface area contributed by atoms with Crippen LogP contribution in [0.15, 0.2) is 46.9 Å². The molecule has 0 fully saturated rings. The zero-order valence-corrected chi connectivity index (χ0v) is 16.7. The third-order valence-corrected chi connectivity index (χ3v) is 5.36. The lowest BCUT2D eigenvalue weighted by Crippen LogP contribution is -2.42. The summed E-state index contributed by atoms with van der Waals surface area (Å²) in [5, 5.41) is 11.8. The van der Waals surface area contributed by atoms with Gasteiger partial charge in [-0.05, 0) is 48.9 Å². The molecule has 2 aromatic rings. The molecule has 0 saturated carbocycles. The van der Waals surface area contributed by atoms with Crippen molar-refractivity contribution in [2.45, 2.75) is 31.8 Å². The molecular weight excluding hydrogens is 418 g/mol. The fourth-order valence-electron chi connectivity index (χ4n) is 3.20. The van der Waals surface area contributed by atoms with Crippen LogP contribution in [0.3, 0.4) is 0 Å². The number of halogens is 2. The van der Waals surface area contributed by atoms with Crippen LogP contribution in [0.1, 0.15) is 42.1 Å². The predicted molar refractivity (Wildman–Crippen MR) is 106 cm³/mol. The predicted octanol–water partition coefficient (Wildman–Crippen LogP) is 4.71. The van der Waals surface area contributed by atoms with Crippen LogP contribution in [0, 0.1) is 0 Å². The lowest BCUT2D eigenvalue weighted by Gasteiger charge is -2.22. The first-order chi connectivity index (χ1) is 12.4. The van der Waals surface area contributed by atoms with Crippen LogP contribution in [-0.2, 0) is 10.4 Å². The number of rotatable bonds is 6. The molecule has 1 aliphatic rings. The van der Waals surface area contributed by atoms with Crippen molar-refractivity contribution in [2.75, 3.05) is 11.4 Å². The van der Waals surface area contributed by atoms with Gasteiger partial charge < -0.3 is 10.0 Å². The molecule has 26 heavy (non-hydrogen) atoms. The number of fused-ring (bicyclic) bond motifs is 1. The number of nitrogens with zero attached hydrogens (tertiary/aromatic N) is 1. The second-order valence-electron chi connectivity index (χ2n) is 6.44. The SMILES string of the molecule is CCCCN1C(=O)C(O)(CC(=O)c2ccc(Cl)cc2)c2cc(Br)ccc21. The van der Waals surface area contributed by atoms with E-state index in [0.717, 1.165) is 17.3 Å². The summed E-state index contributed by atoms with van der Waals surface area (Å²) in [7, 11) is 0. The molecule has 136 valence electrons. The Morgan fingerprint density at radius 3 is 2.58 bits per heavy atom. The van der Waals surface area contributed by atoms with Crippen molar-refractivity contribution in [1.29, 1.82) is 0 Å². The maximum Gasteiger partial charge on any atom is 0.264 e. The molecule has 1 amide bonds. The van der Waals surface area contributed by atoms with Crippen LogP contribution in [0.5, 0.6) is 0 Å². The van der Waals surface area contributed by atoms with Crippen molar-refractivity contribution in [2.24, 2.45) is 0 Å². The van der Waals surface area contributed by atoms with E-state index in [-0.39, 0.29) is 12.2 Å². The minimum Gasteiger partial charge on any atom is -0.375 e. The Hall–Kier alpha value is -1.69. The first-order valence-electron chi connectivity index (χ1n) is 8.50. The van der Waals surface area contributed by atoms with Gasteiger partial charge in [0.25, 0.3) is 5.91 Å². The number of carbonyl (C=O) groups excluding carboxylic acids is 2. The average molecular weight is 437 g/mol. The maximum absolute atomic E-state index is 13.0. The van der Waals surface area contributed by atoms with Gasteiger partial charge in [-0.1, -0.05) is 40.9 Å². The zero-order valence-electron chi connectivity index (χ0n) is 14.3. The summed E-state index contributed by atoms with van der Waals surface area (Å²) in [4.78, 5) is 27.3. The molecule has 4 nitrogen and oxygen atoms in total. The Bertz CT molecular complexity index is 853. The fourth-order valence-corrected chi connectivity index (χ4v) is 3.69. The summed E-state index contributed by atoms with van der Waals surface area (Å²) in [6.07, 6.45) is 1.44. The van der Waals surface area contributed by atoms with Crippen molar-refractivity contribution in [3.63, 3.8) is 0 Å². The summed E-state index contributed by atoms with van der Waals surface area (Å²) in [5.74, 6) is -0.748.